The number of rotatable bonds is 4. The van der Waals surface area contributed by atoms with Crippen molar-refractivity contribution in [3.63, 3.8) is 0 Å². The third-order valence-electron chi connectivity index (χ3n) is 2.86. The summed E-state index contributed by atoms with van der Waals surface area (Å²) in [6.07, 6.45) is 2.28. The molecule has 90 valence electrons. The van der Waals surface area contributed by atoms with E-state index in [9.17, 15) is 4.39 Å². The van der Waals surface area contributed by atoms with Crippen LogP contribution in [0.4, 0.5) is 4.39 Å². The first-order chi connectivity index (χ1) is 8.20. The molecule has 0 fully saturated rings. The Morgan fingerprint density at radius 1 is 1.35 bits per heavy atom. The van der Waals surface area contributed by atoms with Crippen LogP contribution < -0.4 is 5.32 Å². The van der Waals surface area contributed by atoms with Gasteiger partial charge in [0.25, 0.3) is 0 Å². The van der Waals surface area contributed by atoms with E-state index in [4.69, 9.17) is 4.42 Å². The average Bonchev–Trinajstić information content (AvgIpc) is 2.82. The van der Waals surface area contributed by atoms with Gasteiger partial charge >= 0.3 is 0 Å². The Bertz CT molecular complexity index is 479. The van der Waals surface area contributed by atoms with Crippen LogP contribution in [-0.4, -0.2) is 7.05 Å². The van der Waals surface area contributed by atoms with Gasteiger partial charge in [0.1, 0.15) is 11.6 Å². The highest BCUT2D eigenvalue weighted by molar-refractivity contribution is 5.27. The van der Waals surface area contributed by atoms with Gasteiger partial charge in [-0.15, -0.1) is 0 Å². The minimum atomic E-state index is -0.179. The van der Waals surface area contributed by atoms with Crippen molar-refractivity contribution in [1.82, 2.24) is 5.32 Å². The lowest BCUT2D eigenvalue weighted by atomic mass is 10.00. The second-order valence-electron chi connectivity index (χ2n) is 4.15. The summed E-state index contributed by atoms with van der Waals surface area (Å²) in [6.45, 7) is 1.96. The molecular formula is C14H16FNO. The maximum atomic E-state index is 13.8. The fraction of sp³-hybridized carbons (Fsp3) is 0.286. The van der Waals surface area contributed by atoms with Crippen molar-refractivity contribution in [2.75, 3.05) is 7.05 Å². The SMILES string of the molecule is CNC(Cc1ccco1)c1cc(C)ccc1F. The third kappa shape index (κ3) is 2.74. The van der Waals surface area contributed by atoms with E-state index in [1.165, 1.54) is 6.07 Å². The van der Waals surface area contributed by atoms with Gasteiger partial charge in [-0.05, 0) is 32.2 Å². The summed E-state index contributed by atoms with van der Waals surface area (Å²) in [6, 6.07) is 8.84. The highest BCUT2D eigenvalue weighted by atomic mass is 19.1. The van der Waals surface area contributed by atoms with Crippen LogP contribution in [0.2, 0.25) is 0 Å². The van der Waals surface area contributed by atoms with Crippen molar-refractivity contribution in [1.29, 1.82) is 0 Å². The van der Waals surface area contributed by atoms with Gasteiger partial charge in [-0.1, -0.05) is 17.7 Å². The fourth-order valence-electron chi connectivity index (χ4n) is 1.93. The molecule has 1 aromatic heterocycles. The first-order valence-corrected chi connectivity index (χ1v) is 5.66. The second-order valence-corrected chi connectivity index (χ2v) is 4.15. The molecule has 1 aromatic carbocycles. The predicted octanol–water partition coefficient (Wildman–Crippen LogP) is 3.23. The van der Waals surface area contributed by atoms with E-state index in [1.54, 1.807) is 12.3 Å². The summed E-state index contributed by atoms with van der Waals surface area (Å²) in [7, 11) is 1.83. The van der Waals surface area contributed by atoms with Crippen molar-refractivity contribution in [3.05, 3.63) is 59.3 Å². The van der Waals surface area contributed by atoms with Gasteiger partial charge in [-0.25, -0.2) is 4.39 Å². The lowest BCUT2D eigenvalue weighted by Crippen LogP contribution is -2.20. The summed E-state index contributed by atoms with van der Waals surface area (Å²) < 4.78 is 19.1. The van der Waals surface area contributed by atoms with Crippen LogP contribution in [0.25, 0.3) is 0 Å². The highest BCUT2D eigenvalue weighted by Gasteiger charge is 2.15. The van der Waals surface area contributed by atoms with E-state index in [2.05, 4.69) is 5.32 Å². The van der Waals surface area contributed by atoms with Gasteiger partial charge in [0, 0.05) is 18.0 Å². The van der Waals surface area contributed by atoms with E-state index < -0.39 is 0 Å². The molecule has 0 aliphatic carbocycles. The zero-order valence-electron chi connectivity index (χ0n) is 10.0. The second kappa shape index (κ2) is 5.15. The third-order valence-corrected chi connectivity index (χ3v) is 2.86. The molecule has 0 bridgehead atoms. The van der Waals surface area contributed by atoms with Gasteiger partial charge in [0.15, 0.2) is 0 Å². The molecule has 0 aliphatic rings. The number of hydrogen-bond acceptors (Lipinski definition) is 2. The molecule has 0 amide bonds. The summed E-state index contributed by atoms with van der Waals surface area (Å²) in [5, 5.41) is 3.12. The lowest BCUT2D eigenvalue weighted by Gasteiger charge is -2.16. The molecule has 17 heavy (non-hydrogen) atoms. The maximum Gasteiger partial charge on any atom is 0.128 e. The minimum Gasteiger partial charge on any atom is -0.469 e. The van der Waals surface area contributed by atoms with Crippen LogP contribution in [0.1, 0.15) is 22.9 Å². The molecule has 2 nitrogen and oxygen atoms in total. The molecule has 2 rings (SSSR count). The zero-order valence-corrected chi connectivity index (χ0v) is 10.0. The largest absolute Gasteiger partial charge is 0.469 e. The molecule has 0 radical (unpaired) electrons. The predicted molar refractivity (Wildman–Crippen MR) is 65.3 cm³/mol. The molecule has 0 aliphatic heterocycles. The maximum absolute atomic E-state index is 13.8. The van der Waals surface area contributed by atoms with Gasteiger partial charge < -0.3 is 9.73 Å². The molecular weight excluding hydrogens is 217 g/mol. The molecule has 0 saturated carbocycles. The van der Waals surface area contributed by atoms with Crippen LogP contribution in [0, 0.1) is 12.7 Å². The first kappa shape index (κ1) is 11.9. The monoisotopic (exact) mass is 233 g/mol. The van der Waals surface area contributed by atoms with Crippen LogP contribution in [0.15, 0.2) is 41.0 Å². The minimum absolute atomic E-state index is 0.0685. The van der Waals surface area contributed by atoms with Gasteiger partial charge in [-0.3, -0.25) is 0 Å². The Morgan fingerprint density at radius 2 is 2.18 bits per heavy atom. The van der Waals surface area contributed by atoms with Crippen LogP contribution in [-0.2, 0) is 6.42 Å². The number of likely N-dealkylation sites (N-methyl/N-ethyl adjacent to an activating group) is 1. The molecule has 0 spiro atoms. The molecule has 2 aromatic rings. The fourth-order valence-corrected chi connectivity index (χ4v) is 1.93. The smallest absolute Gasteiger partial charge is 0.128 e. The Morgan fingerprint density at radius 3 is 2.82 bits per heavy atom. The number of hydrogen-bond donors (Lipinski definition) is 1. The van der Waals surface area contributed by atoms with Crippen molar-refractivity contribution in [2.45, 2.75) is 19.4 Å². The molecule has 0 saturated heterocycles. The Kier molecular flexibility index (Phi) is 3.59. The van der Waals surface area contributed by atoms with Crippen molar-refractivity contribution in [3.8, 4) is 0 Å². The summed E-state index contributed by atoms with van der Waals surface area (Å²) in [5.74, 6) is 0.673. The molecule has 1 atom stereocenters. The van der Waals surface area contributed by atoms with E-state index in [0.29, 0.717) is 12.0 Å². The molecule has 1 heterocycles. The van der Waals surface area contributed by atoms with Gasteiger partial charge in [-0.2, -0.15) is 0 Å². The lowest BCUT2D eigenvalue weighted by molar-refractivity contribution is 0.455. The van der Waals surface area contributed by atoms with E-state index >= 15 is 0 Å². The number of benzene rings is 1. The molecule has 1 N–H and O–H groups in total. The molecule has 3 heteroatoms. The number of nitrogens with one attached hydrogen (secondary N) is 1. The average molecular weight is 233 g/mol. The summed E-state index contributed by atoms with van der Waals surface area (Å²) >= 11 is 0. The standard InChI is InChI=1S/C14H16FNO/c1-10-5-6-13(15)12(8-10)14(16-2)9-11-4-3-7-17-11/h3-8,14,16H,9H2,1-2H3. The van der Waals surface area contributed by atoms with Crippen molar-refractivity contribution < 1.29 is 8.81 Å². The molecule has 1 unspecified atom stereocenters. The summed E-state index contributed by atoms with van der Waals surface area (Å²) in [4.78, 5) is 0. The van der Waals surface area contributed by atoms with Crippen LogP contribution in [0.3, 0.4) is 0 Å². The Balaban J connectivity index is 2.25. The Labute approximate surface area is 100 Å². The zero-order chi connectivity index (χ0) is 12.3. The topological polar surface area (TPSA) is 25.2 Å². The highest BCUT2D eigenvalue weighted by Crippen LogP contribution is 2.22. The Hall–Kier alpha value is -1.61. The van der Waals surface area contributed by atoms with Crippen LogP contribution in [0.5, 0.6) is 0 Å². The number of furan rings is 1. The van der Waals surface area contributed by atoms with E-state index in [0.717, 1.165) is 11.3 Å². The van der Waals surface area contributed by atoms with Crippen molar-refractivity contribution in [2.24, 2.45) is 0 Å². The number of halogens is 1. The van der Waals surface area contributed by atoms with E-state index in [1.807, 2.05) is 32.2 Å². The number of aryl methyl sites for hydroxylation is 1. The quantitative estimate of drug-likeness (QED) is 0.877. The van der Waals surface area contributed by atoms with Crippen LogP contribution >= 0.6 is 0 Å². The summed E-state index contributed by atoms with van der Waals surface area (Å²) in [5.41, 5.74) is 1.74. The van der Waals surface area contributed by atoms with Crippen molar-refractivity contribution >= 4 is 0 Å². The van der Waals surface area contributed by atoms with Gasteiger partial charge in [0.05, 0.1) is 6.26 Å². The van der Waals surface area contributed by atoms with Gasteiger partial charge in [0.2, 0.25) is 0 Å². The normalized spacial score (nSPS) is 12.6. The van der Waals surface area contributed by atoms with E-state index in [-0.39, 0.29) is 11.9 Å². The first-order valence-electron chi connectivity index (χ1n) is 5.66.